The Labute approximate surface area is 105 Å². The Morgan fingerprint density at radius 1 is 1.17 bits per heavy atom. The van der Waals surface area contributed by atoms with Gasteiger partial charge in [0.1, 0.15) is 5.82 Å². The number of methoxy groups -OCH3 is 2. The Hall–Kier alpha value is -1.91. The van der Waals surface area contributed by atoms with Crippen molar-refractivity contribution in [2.24, 2.45) is 5.41 Å². The smallest absolute Gasteiger partial charge is 0.323 e. The molecule has 0 unspecified atom stereocenters. The molecular weight excluding hydrogens is 239 g/mol. The van der Waals surface area contributed by atoms with Crippen LogP contribution in [0, 0.1) is 11.2 Å². The molecule has 0 aliphatic rings. The van der Waals surface area contributed by atoms with E-state index in [-0.39, 0.29) is 12.0 Å². The molecule has 0 atom stereocenters. The van der Waals surface area contributed by atoms with Gasteiger partial charge in [-0.25, -0.2) is 4.39 Å². The first kappa shape index (κ1) is 14.2. The summed E-state index contributed by atoms with van der Waals surface area (Å²) in [6.45, 7) is 1.37. The van der Waals surface area contributed by atoms with Crippen molar-refractivity contribution in [1.29, 1.82) is 0 Å². The van der Waals surface area contributed by atoms with E-state index in [4.69, 9.17) is 0 Å². The lowest BCUT2D eigenvalue weighted by Crippen LogP contribution is -2.40. The second-order valence-corrected chi connectivity index (χ2v) is 4.08. The summed E-state index contributed by atoms with van der Waals surface area (Å²) in [6.07, 6.45) is -0.112. The summed E-state index contributed by atoms with van der Waals surface area (Å²) in [5, 5.41) is 0. The number of halogens is 1. The van der Waals surface area contributed by atoms with E-state index in [0.29, 0.717) is 0 Å². The van der Waals surface area contributed by atoms with Gasteiger partial charge in [0.25, 0.3) is 0 Å². The SMILES string of the molecule is COC(=O)C(C)(Cc1ccccc1F)C(=O)OC. The Morgan fingerprint density at radius 2 is 1.67 bits per heavy atom. The minimum absolute atomic E-state index is 0.112. The van der Waals surface area contributed by atoms with Crippen LogP contribution < -0.4 is 0 Å². The van der Waals surface area contributed by atoms with Gasteiger partial charge in [0.05, 0.1) is 14.2 Å². The lowest BCUT2D eigenvalue weighted by atomic mass is 9.83. The van der Waals surface area contributed by atoms with Crippen LogP contribution in [-0.4, -0.2) is 26.2 Å². The highest BCUT2D eigenvalue weighted by Crippen LogP contribution is 2.27. The van der Waals surface area contributed by atoms with Crippen molar-refractivity contribution in [2.45, 2.75) is 13.3 Å². The molecule has 0 aliphatic carbocycles. The number of carbonyl (C=O) groups excluding carboxylic acids is 2. The minimum Gasteiger partial charge on any atom is -0.468 e. The molecule has 0 spiro atoms. The average Bonchev–Trinajstić information content (AvgIpc) is 2.39. The number of esters is 2. The highest BCUT2D eigenvalue weighted by molar-refractivity contribution is 5.99. The lowest BCUT2D eigenvalue weighted by molar-refractivity contribution is -0.167. The number of hydrogen-bond acceptors (Lipinski definition) is 4. The van der Waals surface area contributed by atoms with Gasteiger partial charge in [-0.3, -0.25) is 9.59 Å². The number of benzene rings is 1. The van der Waals surface area contributed by atoms with E-state index < -0.39 is 23.2 Å². The fourth-order valence-electron chi connectivity index (χ4n) is 1.70. The minimum atomic E-state index is -1.55. The Bertz CT molecular complexity index is 440. The quantitative estimate of drug-likeness (QED) is 0.606. The zero-order valence-corrected chi connectivity index (χ0v) is 10.5. The van der Waals surface area contributed by atoms with Crippen molar-refractivity contribution in [3.05, 3.63) is 35.6 Å². The normalized spacial score (nSPS) is 10.9. The number of carbonyl (C=O) groups is 2. The molecule has 1 aromatic carbocycles. The third kappa shape index (κ3) is 2.67. The second kappa shape index (κ2) is 5.62. The van der Waals surface area contributed by atoms with Crippen LogP contribution in [0.1, 0.15) is 12.5 Å². The molecule has 1 rings (SSSR count). The second-order valence-electron chi connectivity index (χ2n) is 4.08. The van der Waals surface area contributed by atoms with Gasteiger partial charge >= 0.3 is 11.9 Å². The summed E-state index contributed by atoms with van der Waals surface area (Å²) in [4.78, 5) is 23.4. The molecule has 0 N–H and O–H groups in total. The van der Waals surface area contributed by atoms with E-state index in [1.54, 1.807) is 6.07 Å². The maximum atomic E-state index is 13.6. The van der Waals surface area contributed by atoms with E-state index in [9.17, 15) is 14.0 Å². The van der Waals surface area contributed by atoms with Gasteiger partial charge in [-0.1, -0.05) is 18.2 Å². The Balaban J connectivity index is 3.11. The Morgan fingerprint density at radius 3 is 2.11 bits per heavy atom. The van der Waals surface area contributed by atoms with Gasteiger partial charge < -0.3 is 9.47 Å². The molecular formula is C13H15FO4. The molecule has 0 aliphatic heterocycles. The maximum Gasteiger partial charge on any atom is 0.323 e. The van der Waals surface area contributed by atoms with Gasteiger partial charge in [-0.05, 0) is 18.6 Å². The molecule has 0 radical (unpaired) electrons. The van der Waals surface area contributed by atoms with Crippen molar-refractivity contribution in [2.75, 3.05) is 14.2 Å². The first-order chi connectivity index (χ1) is 8.45. The van der Waals surface area contributed by atoms with Crippen molar-refractivity contribution in [1.82, 2.24) is 0 Å². The fourth-order valence-corrected chi connectivity index (χ4v) is 1.70. The molecule has 0 amide bonds. The molecule has 98 valence electrons. The van der Waals surface area contributed by atoms with Gasteiger partial charge in [-0.2, -0.15) is 0 Å². The van der Waals surface area contributed by atoms with Crippen LogP contribution in [0.4, 0.5) is 4.39 Å². The topological polar surface area (TPSA) is 52.6 Å². The highest BCUT2D eigenvalue weighted by Gasteiger charge is 2.44. The first-order valence-electron chi connectivity index (χ1n) is 5.36. The van der Waals surface area contributed by atoms with Gasteiger partial charge in [0.15, 0.2) is 5.41 Å². The zero-order chi connectivity index (χ0) is 13.8. The summed E-state index contributed by atoms with van der Waals surface area (Å²) in [5.41, 5.74) is -1.29. The zero-order valence-electron chi connectivity index (χ0n) is 10.5. The monoisotopic (exact) mass is 254 g/mol. The van der Waals surface area contributed by atoms with E-state index >= 15 is 0 Å². The Kier molecular flexibility index (Phi) is 4.42. The average molecular weight is 254 g/mol. The predicted molar refractivity (Wildman–Crippen MR) is 62.2 cm³/mol. The van der Waals surface area contributed by atoms with Crippen molar-refractivity contribution >= 4 is 11.9 Å². The number of rotatable bonds is 4. The summed E-state index contributed by atoms with van der Waals surface area (Å²) in [6, 6.07) is 5.95. The van der Waals surface area contributed by atoms with Crippen LogP contribution in [0.3, 0.4) is 0 Å². The molecule has 0 saturated carbocycles. The fraction of sp³-hybridized carbons (Fsp3) is 0.385. The molecule has 0 heterocycles. The summed E-state index contributed by atoms with van der Waals surface area (Å²) < 4.78 is 22.7. The molecule has 0 fully saturated rings. The van der Waals surface area contributed by atoms with E-state index in [0.717, 1.165) is 0 Å². The third-order valence-electron chi connectivity index (χ3n) is 2.77. The van der Waals surface area contributed by atoms with Gasteiger partial charge in [-0.15, -0.1) is 0 Å². The molecule has 5 heteroatoms. The molecule has 0 aromatic heterocycles. The third-order valence-corrected chi connectivity index (χ3v) is 2.77. The van der Waals surface area contributed by atoms with Crippen molar-refractivity contribution in [3.63, 3.8) is 0 Å². The van der Waals surface area contributed by atoms with Gasteiger partial charge in [0, 0.05) is 6.42 Å². The van der Waals surface area contributed by atoms with E-state index in [1.165, 1.54) is 39.3 Å². The van der Waals surface area contributed by atoms with Crippen LogP contribution in [0.5, 0.6) is 0 Å². The molecule has 0 bridgehead atoms. The molecule has 18 heavy (non-hydrogen) atoms. The summed E-state index contributed by atoms with van der Waals surface area (Å²) in [7, 11) is 2.34. The summed E-state index contributed by atoms with van der Waals surface area (Å²) in [5.74, 6) is -1.98. The van der Waals surface area contributed by atoms with Crippen molar-refractivity contribution in [3.8, 4) is 0 Å². The van der Waals surface area contributed by atoms with Crippen molar-refractivity contribution < 1.29 is 23.5 Å². The largest absolute Gasteiger partial charge is 0.468 e. The summed E-state index contributed by atoms with van der Waals surface area (Å²) >= 11 is 0. The molecule has 4 nitrogen and oxygen atoms in total. The predicted octanol–water partition coefficient (Wildman–Crippen LogP) is 1.72. The lowest BCUT2D eigenvalue weighted by Gasteiger charge is -2.23. The number of hydrogen-bond donors (Lipinski definition) is 0. The van der Waals surface area contributed by atoms with Gasteiger partial charge in [0.2, 0.25) is 0 Å². The van der Waals surface area contributed by atoms with Crippen LogP contribution in [0.2, 0.25) is 0 Å². The van der Waals surface area contributed by atoms with E-state index in [1.807, 2.05) is 0 Å². The van der Waals surface area contributed by atoms with Crippen LogP contribution in [-0.2, 0) is 25.5 Å². The molecule has 1 aromatic rings. The number of ether oxygens (including phenoxy) is 2. The van der Waals surface area contributed by atoms with Crippen LogP contribution in [0.25, 0.3) is 0 Å². The molecule has 0 saturated heterocycles. The van der Waals surface area contributed by atoms with E-state index in [2.05, 4.69) is 9.47 Å². The standard InChI is InChI=1S/C13H15FO4/c1-13(11(15)17-2,12(16)18-3)8-9-6-4-5-7-10(9)14/h4-7H,8H2,1-3H3. The highest BCUT2D eigenvalue weighted by atomic mass is 19.1. The van der Waals surface area contributed by atoms with Crippen LogP contribution >= 0.6 is 0 Å². The van der Waals surface area contributed by atoms with Crippen LogP contribution in [0.15, 0.2) is 24.3 Å². The maximum absolute atomic E-state index is 13.6. The first-order valence-corrected chi connectivity index (χ1v) is 5.36.